The summed E-state index contributed by atoms with van der Waals surface area (Å²) in [5.41, 5.74) is 6.90. The van der Waals surface area contributed by atoms with Crippen molar-refractivity contribution < 1.29 is 14.3 Å². The van der Waals surface area contributed by atoms with Crippen molar-refractivity contribution in [2.75, 3.05) is 5.73 Å². The summed E-state index contributed by atoms with van der Waals surface area (Å²) in [5, 5.41) is 9.49. The Hall–Kier alpha value is -1.59. The van der Waals surface area contributed by atoms with Crippen LogP contribution in [0.15, 0.2) is 39.8 Å². The first-order chi connectivity index (χ1) is 8.58. The van der Waals surface area contributed by atoms with Crippen molar-refractivity contribution in [2.24, 2.45) is 0 Å². The Morgan fingerprint density at radius 2 is 2.22 bits per heavy atom. The van der Waals surface area contributed by atoms with E-state index in [9.17, 15) is 4.79 Å². The number of hydrogen-bond donors (Lipinski definition) is 2. The van der Waals surface area contributed by atoms with Gasteiger partial charge < -0.3 is 15.3 Å². The predicted molar refractivity (Wildman–Crippen MR) is 71.1 cm³/mol. The third-order valence-corrected chi connectivity index (χ3v) is 3.83. The quantitative estimate of drug-likeness (QED) is 0.663. The molecule has 1 heterocycles. The molecule has 0 amide bonds. The molecule has 2 rings (SSSR count). The fraction of sp³-hybridized carbons (Fsp3) is 0.0833. The minimum Gasteiger partial charge on any atom is -0.475 e. The molecule has 6 heteroatoms. The van der Waals surface area contributed by atoms with Crippen molar-refractivity contribution in [3.8, 4) is 0 Å². The minimum atomic E-state index is -1.07. The molecule has 0 aliphatic rings. The highest BCUT2D eigenvalue weighted by Gasteiger charge is 2.14. The van der Waals surface area contributed by atoms with Crippen LogP contribution in [0.2, 0.25) is 5.02 Å². The summed E-state index contributed by atoms with van der Waals surface area (Å²) < 4.78 is 4.90. The molecule has 0 unspecified atom stereocenters. The van der Waals surface area contributed by atoms with Gasteiger partial charge in [-0.1, -0.05) is 11.6 Å². The third-order valence-electron chi connectivity index (χ3n) is 2.28. The molecule has 0 atom stereocenters. The number of hydrogen-bond acceptors (Lipinski definition) is 4. The fourth-order valence-corrected chi connectivity index (χ4v) is 2.67. The van der Waals surface area contributed by atoms with E-state index in [4.69, 9.17) is 26.9 Å². The van der Waals surface area contributed by atoms with Gasteiger partial charge in [-0.05, 0) is 24.3 Å². The Morgan fingerprint density at radius 1 is 1.44 bits per heavy atom. The smallest absolute Gasteiger partial charge is 0.372 e. The van der Waals surface area contributed by atoms with Gasteiger partial charge >= 0.3 is 5.97 Å². The number of nitrogens with two attached hydrogens (primary N) is 1. The van der Waals surface area contributed by atoms with Crippen LogP contribution < -0.4 is 5.73 Å². The highest BCUT2D eigenvalue weighted by molar-refractivity contribution is 7.98. The topological polar surface area (TPSA) is 76.5 Å². The molecular formula is C12H10ClNO3S. The lowest BCUT2D eigenvalue weighted by atomic mass is 10.3. The molecule has 1 aromatic heterocycles. The van der Waals surface area contributed by atoms with Crippen molar-refractivity contribution in [1.29, 1.82) is 0 Å². The lowest BCUT2D eigenvalue weighted by Crippen LogP contribution is -1.97. The Bertz CT molecular complexity index is 582. The molecule has 4 nitrogen and oxygen atoms in total. The number of furan rings is 1. The van der Waals surface area contributed by atoms with Gasteiger partial charge in [0.05, 0.1) is 11.3 Å². The van der Waals surface area contributed by atoms with Crippen LogP contribution in [0.5, 0.6) is 0 Å². The van der Waals surface area contributed by atoms with Gasteiger partial charge in [0.25, 0.3) is 0 Å². The Labute approximate surface area is 113 Å². The van der Waals surface area contributed by atoms with Crippen LogP contribution in [-0.2, 0) is 5.75 Å². The molecule has 1 aromatic carbocycles. The molecule has 0 aliphatic heterocycles. The second-order valence-electron chi connectivity index (χ2n) is 3.56. The van der Waals surface area contributed by atoms with Crippen LogP contribution in [0.25, 0.3) is 0 Å². The predicted octanol–water partition coefficient (Wildman–Crippen LogP) is 3.51. The highest BCUT2D eigenvalue weighted by Crippen LogP contribution is 2.32. The van der Waals surface area contributed by atoms with Crippen molar-refractivity contribution in [2.45, 2.75) is 10.6 Å². The Balaban J connectivity index is 2.14. The second-order valence-corrected chi connectivity index (χ2v) is 4.98. The molecule has 0 bridgehead atoms. The number of nitrogen functional groups attached to an aromatic ring is 1. The summed E-state index contributed by atoms with van der Waals surface area (Å²) in [4.78, 5) is 11.7. The van der Waals surface area contributed by atoms with Crippen molar-refractivity contribution >= 4 is 35.0 Å². The third kappa shape index (κ3) is 2.80. The zero-order chi connectivity index (χ0) is 13.1. The van der Waals surface area contributed by atoms with Crippen LogP contribution in [0, 0.1) is 0 Å². The lowest BCUT2D eigenvalue weighted by molar-refractivity contribution is 0.0661. The number of aromatic carboxylic acids is 1. The molecule has 18 heavy (non-hydrogen) atoms. The van der Waals surface area contributed by atoms with E-state index in [0.717, 1.165) is 4.90 Å². The average molecular weight is 284 g/mol. The van der Waals surface area contributed by atoms with E-state index in [-0.39, 0.29) is 5.76 Å². The Morgan fingerprint density at radius 3 is 2.94 bits per heavy atom. The zero-order valence-electron chi connectivity index (χ0n) is 9.22. The van der Waals surface area contributed by atoms with Gasteiger partial charge in [-0.3, -0.25) is 0 Å². The molecule has 0 saturated carbocycles. The molecule has 0 aliphatic carbocycles. The van der Waals surface area contributed by atoms with Crippen molar-refractivity contribution in [1.82, 2.24) is 0 Å². The lowest BCUT2D eigenvalue weighted by Gasteiger charge is -2.04. The van der Waals surface area contributed by atoms with E-state index in [0.29, 0.717) is 22.0 Å². The van der Waals surface area contributed by atoms with Crippen molar-refractivity contribution in [3.63, 3.8) is 0 Å². The van der Waals surface area contributed by atoms with Crippen LogP contribution >= 0.6 is 23.4 Å². The SMILES string of the molecule is Nc1ccc(Cl)c(SCc2ccoc2C(=O)O)c1. The van der Waals surface area contributed by atoms with Crippen LogP contribution in [0.4, 0.5) is 5.69 Å². The van der Waals surface area contributed by atoms with E-state index in [1.807, 2.05) is 0 Å². The number of carbonyl (C=O) groups is 1. The van der Waals surface area contributed by atoms with Gasteiger partial charge in [0.2, 0.25) is 5.76 Å². The molecule has 0 saturated heterocycles. The first kappa shape index (κ1) is 12.9. The summed E-state index contributed by atoms with van der Waals surface area (Å²) in [6, 6.07) is 6.82. The zero-order valence-corrected chi connectivity index (χ0v) is 10.8. The standard InChI is InChI=1S/C12H10ClNO3S/c13-9-2-1-8(14)5-10(9)18-6-7-3-4-17-11(7)12(15)16/h1-5H,6,14H2,(H,15,16). The fourth-order valence-electron chi connectivity index (χ4n) is 1.42. The molecule has 3 N–H and O–H groups in total. The minimum absolute atomic E-state index is 0.0393. The van der Waals surface area contributed by atoms with Gasteiger partial charge in [-0.15, -0.1) is 11.8 Å². The number of thioether (sulfide) groups is 1. The number of halogens is 1. The van der Waals surface area contributed by atoms with E-state index >= 15 is 0 Å². The van der Waals surface area contributed by atoms with Gasteiger partial charge in [-0.2, -0.15) is 0 Å². The maximum Gasteiger partial charge on any atom is 0.372 e. The average Bonchev–Trinajstić information content (AvgIpc) is 2.79. The monoisotopic (exact) mass is 283 g/mol. The number of benzene rings is 1. The van der Waals surface area contributed by atoms with Gasteiger partial charge in [-0.25, -0.2) is 4.79 Å². The molecule has 0 radical (unpaired) electrons. The summed E-state index contributed by atoms with van der Waals surface area (Å²) in [5.74, 6) is -0.654. The maximum atomic E-state index is 10.9. The van der Waals surface area contributed by atoms with Gasteiger partial charge in [0.15, 0.2) is 0 Å². The first-order valence-corrected chi connectivity index (χ1v) is 6.42. The summed E-state index contributed by atoms with van der Waals surface area (Å²) >= 11 is 7.44. The van der Waals surface area contributed by atoms with Gasteiger partial charge in [0, 0.05) is 21.9 Å². The normalized spacial score (nSPS) is 10.5. The molecule has 0 spiro atoms. The second kappa shape index (κ2) is 5.37. The molecule has 2 aromatic rings. The van der Waals surface area contributed by atoms with Crippen LogP contribution in [0.3, 0.4) is 0 Å². The Kier molecular flexibility index (Phi) is 3.84. The number of anilines is 1. The van der Waals surface area contributed by atoms with E-state index in [2.05, 4.69) is 0 Å². The highest BCUT2D eigenvalue weighted by atomic mass is 35.5. The number of carboxylic acids is 1. The number of rotatable bonds is 4. The van der Waals surface area contributed by atoms with Gasteiger partial charge in [0.1, 0.15) is 0 Å². The number of carboxylic acid groups (broad SMARTS) is 1. The summed E-state index contributed by atoms with van der Waals surface area (Å²) in [6.45, 7) is 0. The molecule has 0 fully saturated rings. The molecule has 94 valence electrons. The first-order valence-electron chi connectivity index (χ1n) is 5.05. The van der Waals surface area contributed by atoms with Crippen LogP contribution in [-0.4, -0.2) is 11.1 Å². The largest absolute Gasteiger partial charge is 0.475 e. The maximum absolute atomic E-state index is 10.9. The van der Waals surface area contributed by atoms with E-state index in [1.54, 1.807) is 24.3 Å². The van der Waals surface area contributed by atoms with E-state index in [1.165, 1.54) is 18.0 Å². The summed E-state index contributed by atoms with van der Waals surface area (Å²) in [6.07, 6.45) is 1.36. The summed E-state index contributed by atoms with van der Waals surface area (Å²) in [7, 11) is 0. The van der Waals surface area contributed by atoms with Crippen LogP contribution in [0.1, 0.15) is 16.1 Å². The molecular weight excluding hydrogens is 274 g/mol. The van der Waals surface area contributed by atoms with E-state index < -0.39 is 5.97 Å². The van der Waals surface area contributed by atoms with Crippen molar-refractivity contribution in [3.05, 3.63) is 46.9 Å².